The molecule has 3 aromatic rings. The fraction of sp³-hybridized carbons (Fsp3) is 0.346. The van der Waals surface area contributed by atoms with Gasteiger partial charge in [-0.15, -0.1) is 0 Å². The molecule has 5 heteroatoms. The molecule has 0 fully saturated rings. The van der Waals surface area contributed by atoms with Gasteiger partial charge in [0.2, 0.25) is 0 Å². The number of fused-ring (bicyclic) bond motifs is 1. The van der Waals surface area contributed by atoms with Crippen molar-refractivity contribution in [3.8, 4) is 5.75 Å². The highest BCUT2D eigenvalue weighted by atomic mass is 16.6. The molecule has 0 atom stereocenters. The smallest absolute Gasteiger partial charge is 0.414 e. The third-order valence-corrected chi connectivity index (χ3v) is 4.93. The molecule has 0 radical (unpaired) electrons. The van der Waals surface area contributed by atoms with Crippen LogP contribution in [-0.2, 0) is 11.3 Å². The van der Waals surface area contributed by atoms with E-state index in [4.69, 9.17) is 9.47 Å². The number of amides is 1. The summed E-state index contributed by atoms with van der Waals surface area (Å²) in [5, 5.41) is 11.4. The van der Waals surface area contributed by atoms with Crippen LogP contribution in [0.1, 0.15) is 38.3 Å². The van der Waals surface area contributed by atoms with Gasteiger partial charge < -0.3 is 14.6 Å². The Morgan fingerprint density at radius 1 is 1.00 bits per heavy atom. The van der Waals surface area contributed by atoms with Crippen LogP contribution in [0.15, 0.2) is 60.7 Å². The molecule has 0 aromatic heterocycles. The van der Waals surface area contributed by atoms with E-state index in [1.54, 1.807) is 4.90 Å². The average molecular weight is 422 g/mol. The van der Waals surface area contributed by atoms with Gasteiger partial charge >= 0.3 is 6.09 Å². The number of nitrogens with zero attached hydrogens (tertiary/aromatic N) is 1. The van der Waals surface area contributed by atoms with E-state index in [1.807, 2.05) is 88.4 Å². The Bertz CT molecular complexity index is 1020. The predicted octanol–water partition coefficient (Wildman–Crippen LogP) is 5.85. The summed E-state index contributed by atoms with van der Waals surface area (Å²) in [6.07, 6.45) is 0.0134. The topological polar surface area (TPSA) is 59.0 Å². The highest BCUT2D eigenvalue weighted by molar-refractivity contribution is 5.99. The molecule has 0 unspecified atom stereocenters. The molecule has 0 aliphatic carbocycles. The number of carbonyl (C=O) groups excluding carboxylic acids is 1. The van der Waals surface area contributed by atoms with Gasteiger partial charge in [0.1, 0.15) is 18.0 Å². The molecule has 0 aliphatic rings. The number of ether oxygens (including phenoxy) is 2. The number of aliphatic hydroxyl groups excluding tert-OH is 1. The minimum atomic E-state index is -0.619. The zero-order valence-electron chi connectivity index (χ0n) is 18.7. The van der Waals surface area contributed by atoms with Crippen LogP contribution in [0.2, 0.25) is 0 Å². The summed E-state index contributed by atoms with van der Waals surface area (Å²) < 4.78 is 11.9. The molecule has 0 saturated carbocycles. The lowest BCUT2D eigenvalue weighted by molar-refractivity contribution is 0.0578. The molecule has 1 amide bonds. The zero-order chi connectivity index (χ0) is 22.4. The van der Waals surface area contributed by atoms with Crippen LogP contribution in [0.25, 0.3) is 10.8 Å². The van der Waals surface area contributed by atoms with Crippen LogP contribution in [0.3, 0.4) is 0 Å². The average Bonchev–Trinajstić information content (AvgIpc) is 2.74. The van der Waals surface area contributed by atoms with Crippen LogP contribution in [0.5, 0.6) is 5.75 Å². The van der Waals surface area contributed by atoms with E-state index in [-0.39, 0.29) is 6.61 Å². The first-order valence-corrected chi connectivity index (χ1v) is 10.6. The number of hydrogen-bond donors (Lipinski definition) is 1. The summed E-state index contributed by atoms with van der Waals surface area (Å²) in [6, 6.07) is 19.9. The molecule has 31 heavy (non-hydrogen) atoms. The second-order valence-electron chi connectivity index (χ2n) is 8.55. The van der Waals surface area contributed by atoms with Crippen molar-refractivity contribution in [2.45, 2.75) is 46.3 Å². The fourth-order valence-electron chi connectivity index (χ4n) is 3.46. The van der Waals surface area contributed by atoms with Crippen molar-refractivity contribution >= 4 is 22.6 Å². The van der Waals surface area contributed by atoms with Gasteiger partial charge in [0.25, 0.3) is 0 Å². The van der Waals surface area contributed by atoms with Crippen molar-refractivity contribution in [3.63, 3.8) is 0 Å². The lowest BCUT2D eigenvalue weighted by atomic mass is 10.0. The number of rotatable bonds is 7. The Balaban J connectivity index is 2.04. The quantitative estimate of drug-likeness (QED) is 0.520. The number of anilines is 1. The monoisotopic (exact) mass is 421 g/mol. The van der Waals surface area contributed by atoms with E-state index < -0.39 is 11.7 Å². The lowest BCUT2D eigenvalue weighted by Crippen LogP contribution is -2.38. The van der Waals surface area contributed by atoms with Crippen LogP contribution in [0.4, 0.5) is 10.5 Å². The Hall–Kier alpha value is -3.05. The van der Waals surface area contributed by atoms with Crippen molar-refractivity contribution in [2.24, 2.45) is 0 Å². The third kappa shape index (κ3) is 5.76. The van der Waals surface area contributed by atoms with Crippen LogP contribution >= 0.6 is 0 Å². The maximum atomic E-state index is 13.0. The van der Waals surface area contributed by atoms with Gasteiger partial charge in [-0.1, -0.05) is 54.6 Å². The summed E-state index contributed by atoms with van der Waals surface area (Å²) in [5.74, 6) is 0.706. The summed E-state index contributed by atoms with van der Waals surface area (Å²) >= 11 is 0. The summed E-state index contributed by atoms with van der Waals surface area (Å²) in [6.45, 7) is 8.29. The van der Waals surface area contributed by atoms with Crippen molar-refractivity contribution in [1.82, 2.24) is 0 Å². The molecule has 0 saturated heterocycles. The third-order valence-electron chi connectivity index (χ3n) is 4.93. The van der Waals surface area contributed by atoms with Gasteiger partial charge in [-0.05, 0) is 50.6 Å². The molecule has 1 N–H and O–H groups in total. The van der Waals surface area contributed by atoms with Gasteiger partial charge in [-0.2, -0.15) is 0 Å². The first-order valence-electron chi connectivity index (χ1n) is 10.6. The number of aliphatic hydroxyl groups is 1. The molecule has 0 bridgehead atoms. The molecule has 3 rings (SSSR count). The Kier molecular flexibility index (Phi) is 7.18. The molecular weight excluding hydrogens is 390 g/mol. The number of benzene rings is 3. The largest absolute Gasteiger partial charge is 0.488 e. The fourth-order valence-corrected chi connectivity index (χ4v) is 3.46. The number of carbonyl (C=O) groups is 1. The van der Waals surface area contributed by atoms with Crippen LogP contribution in [0, 0.1) is 6.92 Å². The Morgan fingerprint density at radius 3 is 2.29 bits per heavy atom. The van der Waals surface area contributed by atoms with Gasteiger partial charge in [0.15, 0.2) is 0 Å². The standard InChI is InChI=1S/C26H31NO4/c1-19-21-13-8-9-14-22(21)24(30-18-20-11-6-5-7-12-20)17-23(19)27(15-10-16-28)25(29)31-26(2,3)4/h5-9,11-14,17,28H,10,15-16,18H2,1-4H3. The Labute approximate surface area is 184 Å². The van der Waals surface area contributed by atoms with Gasteiger partial charge in [0, 0.05) is 24.6 Å². The minimum absolute atomic E-state index is 0.0106. The molecule has 0 aliphatic heterocycles. The highest BCUT2D eigenvalue weighted by Crippen LogP contribution is 2.37. The first-order chi connectivity index (χ1) is 14.8. The minimum Gasteiger partial charge on any atom is -0.488 e. The van der Waals surface area contributed by atoms with E-state index in [2.05, 4.69) is 0 Å². The molecular formula is C26H31NO4. The maximum absolute atomic E-state index is 13.0. The second-order valence-corrected chi connectivity index (χ2v) is 8.55. The summed E-state index contributed by atoms with van der Waals surface area (Å²) in [4.78, 5) is 14.6. The normalized spacial score (nSPS) is 11.4. The second kappa shape index (κ2) is 9.84. The van der Waals surface area contributed by atoms with E-state index in [0.717, 1.165) is 27.6 Å². The summed E-state index contributed by atoms with van der Waals surface area (Å²) in [7, 11) is 0. The molecule has 5 nitrogen and oxygen atoms in total. The van der Waals surface area contributed by atoms with E-state index >= 15 is 0 Å². The van der Waals surface area contributed by atoms with E-state index in [0.29, 0.717) is 25.3 Å². The van der Waals surface area contributed by atoms with Crippen molar-refractivity contribution in [3.05, 3.63) is 71.8 Å². The van der Waals surface area contributed by atoms with Gasteiger partial charge in [0.05, 0.1) is 5.69 Å². The molecule has 0 heterocycles. The van der Waals surface area contributed by atoms with Crippen molar-refractivity contribution in [1.29, 1.82) is 0 Å². The lowest BCUT2D eigenvalue weighted by Gasteiger charge is -2.29. The number of aryl methyl sites for hydroxylation is 1. The van der Waals surface area contributed by atoms with Crippen molar-refractivity contribution in [2.75, 3.05) is 18.1 Å². The van der Waals surface area contributed by atoms with E-state index in [9.17, 15) is 9.90 Å². The predicted molar refractivity (Wildman–Crippen MR) is 125 cm³/mol. The SMILES string of the molecule is Cc1c(N(CCCO)C(=O)OC(C)(C)C)cc(OCc2ccccc2)c2ccccc12. The zero-order valence-corrected chi connectivity index (χ0v) is 18.7. The Morgan fingerprint density at radius 2 is 1.65 bits per heavy atom. The summed E-state index contributed by atoms with van der Waals surface area (Å²) in [5.41, 5.74) is 2.14. The molecule has 0 spiro atoms. The van der Waals surface area contributed by atoms with E-state index in [1.165, 1.54) is 0 Å². The van der Waals surface area contributed by atoms with Gasteiger partial charge in [-0.25, -0.2) is 4.79 Å². The van der Waals surface area contributed by atoms with Crippen LogP contribution < -0.4 is 9.64 Å². The van der Waals surface area contributed by atoms with Crippen LogP contribution in [-0.4, -0.2) is 30.0 Å². The number of hydrogen-bond acceptors (Lipinski definition) is 4. The van der Waals surface area contributed by atoms with Gasteiger partial charge in [-0.3, -0.25) is 4.90 Å². The molecule has 164 valence electrons. The maximum Gasteiger partial charge on any atom is 0.414 e. The first kappa shape index (κ1) is 22.6. The molecule has 3 aromatic carbocycles. The van der Waals surface area contributed by atoms with Crippen molar-refractivity contribution < 1.29 is 19.4 Å². The highest BCUT2D eigenvalue weighted by Gasteiger charge is 2.25.